The van der Waals surface area contributed by atoms with Gasteiger partial charge in [-0.15, -0.1) is 0 Å². The lowest BCUT2D eigenvalue weighted by molar-refractivity contribution is 0.488. The summed E-state index contributed by atoms with van der Waals surface area (Å²) in [5.74, 6) is 1.64. The predicted octanol–water partition coefficient (Wildman–Crippen LogP) is 17.4. The fourth-order valence-corrected chi connectivity index (χ4v) is 11.0. The van der Waals surface area contributed by atoms with E-state index in [9.17, 15) is 0 Å². The molecule has 2 nitrogen and oxygen atoms in total. The summed E-state index contributed by atoms with van der Waals surface area (Å²) in [6, 6.07) is 95.0. The molecule has 0 radical (unpaired) electrons. The van der Waals surface area contributed by atoms with Gasteiger partial charge in [-0.3, -0.25) is 0 Å². The van der Waals surface area contributed by atoms with Gasteiger partial charge in [-0.2, -0.15) is 0 Å². The minimum Gasteiger partial charge on any atom is -0.456 e. The Morgan fingerprint density at radius 3 is 1.55 bits per heavy atom. The van der Waals surface area contributed by atoms with Gasteiger partial charge in [0.1, 0.15) is 11.5 Å². The molecule has 0 atom stereocenters. The van der Waals surface area contributed by atoms with Crippen molar-refractivity contribution in [1.82, 2.24) is 0 Å². The highest BCUT2D eigenvalue weighted by Crippen LogP contribution is 2.59. The van der Waals surface area contributed by atoms with Crippen molar-refractivity contribution in [3.05, 3.63) is 283 Å². The SMILES string of the molecule is c1ccc(-c2ccc(N(c3ccc4c(c3)C(c3ccccc3)(c3ccccc3)c3ccccc3-4)c3cccc4c3-c3c(-c5ccccc5)cccc3-c3cc5ccccc5cc3O4)cc2)cc1. The second-order valence-corrected chi connectivity index (χ2v) is 17.5. The van der Waals surface area contributed by atoms with Crippen molar-refractivity contribution in [3.63, 3.8) is 0 Å². The molecular weight excluding hydrogens is 811 g/mol. The molecule has 11 aromatic rings. The van der Waals surface area contributed by atoms with E-state index in [2.05, 4.69) is 266 Å². The van der Waals surface area contributed by atoms with Crippen LogP contribution in [0.25, 0.3) is 66.4 Å². The second kappa shape index (κ2) is 15.8. The van der Waals surface area contributed by atoms with E-state index >= 15 is 0 Å². The number of nitrogens with zero attached hydrogens (tertiary/aromatic N) is 1. The first kappa shape index (κ1) is 38.7. The normalized spacial score (nSPS) is 12.7. The Morgan fingerprint density at radius 2 is 0.836 bits per heavy atom. The number of anilines is 3. The molecule has 13 rings (SSSR count). The van der Waals surface area contributed by atoms with Gasteiger partial charge in [0.2, 0.25) is 0 Å². The van der Waals surface area contributed by atoms with Gasteiger partial charge in [0, 0.05) is 28.1 Å². The molecular formula is C65H43NO. The van der Waals surface area contributed by atoms with Crippen molar-refractivity contribution < 1.29 is 4.74 Å². The van der Waals surface area contributed by atoms with Crippen LogP contribution in [-0.4, -0.2) is 0 Å². The lowest BCUT2D eigenvalue weighted by atomic mass is 9.67. The van der Waals surface area contributed by atoms with Gasteiger partial charge in [0.25, 0.3) is 0 Å². The van der Waals surface area contributed by atoms with Crippen molar-refractivity contribution in [2.75, 3.05) is 4.90 Å². The lowest BCUT2D eigenvalue weighted by Crippen LogP contribution is -2.28. The molecule has 1 aliphatic carbocycles. The molecule has 67 heavy (non-hydrogen) atoms. The van der Waals surface area contributed by atoms with Crippen molar-refractivity contribution in [3.8, 4) is 67.1 Å². The molecule has 2 aliphatic rings. The Hall–Kier alpha value is -8.72. The zero-order valence-electron chi connectivity index (χ0n) is 36.7. The number of hydrogen-bond acceptors (Lipinski definition) is 2. The monoisotopic (exact) mass is 853 g/mol. The Bertz CT molecular complexity index is 3600. The third kappa shape index (κ3) is 6.18. The molecule has 0 bridgehead atoms. The van der Waals surface area contributed by atoms with Crippen LogP contribution in [0.15, 0.2) is 261 Å². The average molecular weight is 854 g/mol. The van der Waals surface area contributed by atoms with Crippen LogP contribution >= 0.6 is 0 Å². The van der Waals surface area contributed by atoms with Gasteiger partial charge in [-0.25, -0.2) is 0 Å². The molecule has 1 aliphatic heterocycles. The Balaban J connectivity index is 1.11. The molecule has 0 unspecified atom stereocenters. The highest BCUT2D eigenvalue weighted by Gasteiger charge is 2.46. The van der Waals surface area contributed by atoms with E-state index in [1.165, 1.54) is 44.3 Å². The van der Waals surface area contributed by atoms with Crippen LogP contribution in [0.2, 0.25) is 0 Å². The summed E-state index contributed by atoms with van der Waals surface area (Å²) >= 11 is 0. The summed E-state index contributed by atoms with van der Waals surface area (Å²) in [5, 5.41) is 2.31. The minimum atomic E-state index is -0.569. The fourth-order valence-electron chi connectivity index (χ4n) is 11.0. The Kier molecular flexibility index (Phi) is 9.11. The first-order chi connectivity index (χ1) is 33.2. The Labute approximate surface area is 391 Å². The second-order valence-electron chi connectivity index (χ2n) is 17.5. The molecule has 1 heterocycles. The summed E-state index contributed by atoms with van der Waals surface area (Å²) < 4.78 is 7.26. The summed E-state index contributed by atoms with van der Waals surface area (Å²) in [5.41, 5.74) is 19.0. The molecule has 11 aromatic carbocycles. The van der Waals surface area contributed by atoms with E-state index in [1.807, 2.05) is 0 Å². The van der Waals surface area contributed by atoms with Gasteiger partial charge in [-0.1, -0.05) is 212 Å². The minimum absolute atomic E-state index is 0.569. The molecule has 0 saturated carbocycles. The van der Waals surface area contributed by atoms with Crippen LogP contribution in [-0.2, 0) is 5.41 Å². The quantitative estimate of drug-likeness (QED) is 0.158. The van der Waals surface area contributed by atoms with Crippen molar-refractivity contribution in [2.45, 2.75) is 5.41 Å². The van der Waals surface area contributed by atoms with Crippen molar-refractivity contribution >= 4 is 27.8 Å². The maximum Gasteiger partial charge on any atom is 0.137 e. The number of benzene rings is 11. The van der Waals surface area contributed by atoms with Crippen LogP contribution < -0.4 is 9.64 Å². The lowest BCUT2D eigenvalue weighted by Gasteiger charge is -2.35. The van der Waals surface area contributed by atoms with Crippen LogP contribution in [0.3, 0.4) is 0 Å². The molecule has 0 amide bonds. The van der Waals surface area contributed by atoms with Crippen LogP contribution in [0.4, 0.5) is 17.1 Å². The fraction of sp³-hybridized carbons (Fsp3) is 0.0154. The van der Waals surface area contributed by atoms with Crippen LogP contribution in [0.5, 0.6) is 11.5 Å². The first-order valence-corrected chi connectivity index (χ1v) is 23.1. The smallest absolute Gasteiger partial charge is 0.137 e. The summed E-state index contributed by atoms with van der Waals surface area (Å²) in [7, 11) is 0. The molecule has 0 fully saturated rings. The molecule has 0 saturated heterocycles. The van der Waals surface area contributed by atoms with Crippen LogP contribution in [0, 0.1) is 0 Å². The van der Waals surface area contributed by atoms with E-state index in [0.717, 1.165) is 72.9 Å². The third-order valence-corrected chi connectivity index (χ3v) is 13.9. The predicted molar refractivity (Wildman–Crippen MR) is 278 cm³/mol. The summed E-state index contributed by atoms with van der Waals surface area (Å²) in [6.45, 7) is 0. The van der Waals surface area contributed by atoms with Crippen molar-refractivity contribution in [2.24, 2.45) is 0 Å². The highest BCUT2D eigenvalue weighted by atomic mass is 16.5. The zero-order chi connectivity index (χ0) is 44.3. The van der Waals surface area contributed by atoms with Crippen LogP contribution in [0.1, 0.15) is 22.3 Å². The van der Waals surface area contributed by atoms with Gasteiger partial charge in [-0.05, 0) is 121 Å². The molecule has 2 heteroatoms. The van der Waals surface area contributed by atoms with E-state index in [1.54, 1.807) is 0 Å². The van der Waals surface area contributed by atoms with E-state index in [-0.39, 0.29) is 0 Å². The maximum atomic E-state index is 7.26. The third-order valence-electron chi connectivity index (χ3n) is 13.9. The van der Waals surface area contributed by atoms with E-state index in [4.69, 9.17) is 4.74 Å². The zero-order valence-corrected chi connectivity index (χ0v) is 36.7. The van der Waals surface area contributed by atoms with Gasteiger partial charge in [0.15, 0.2) is 0 Å². The molecule has 0 aromatic heterocycles. The average Bonchev–Trinajstić information content (AvgIpc) is 3.61. The number of ether oxygens (including phenoxy) is 1. The molecule has 314 valence electrons. The van der Waals surface area contributed by atoms with E-state index < -0.39 is 5.41 Å². The number of fused-ring (bicyclic) bond motifs is 9. The van der Waals surface area contributed by atoms with Gasteiger partial charge >= 0.3 is 0 Å². The Morgan fingerprint density at radius 1 is 0.299 bits per heavy atom. The topological polar surface area (TPSA) is 12.5 Å². The molecule has 0 N–H and O–H groups in total. The highest BCUT2D eigenvalue weighted by molar-refractivity contribution is 6.06. The first-order valence-electron chi connectivity index (χ1n) is 23.1. The standard InChI is InChI=1S/C65H43NO/c1-5-19-44(20-6-1)45-35-37-51(38-36-45)66(52-39-40-55-54-29-15-16-32-58(54)65(59(55)43-52,49-25-9-3-10-26-49)50-27-11-4-12-28-50)60-33-18-34-61-64(60)63-53(46-21-7-2-8-22-46)30-17-31-56(63)57-41-47-23-13-14-24-48(47)42-62(57)67-61/h1-43H. The van der Waals surface area contributed by atoms with Gasteiger partial charge < -0.3 is 9.64 Å². The summed E-state index contributed by atoms with van der Waals surface area (Å²) in [4.78, 5) is 2.46. The summed E-state index contributed by atoms with van der Waals surface area (Å²) in [6.07, 6.45) is 0. The van der Waals surface area contributed by atoms with Gasteiger partial charge in [0.05, 0.1) is 11.1 Å². The molecule has 0 spiro atoms. The van der Waals surface area contributed by atoms with E-state index in [0.29, 0.717) is 0 Å². The van der Waals surface area contributed by atoms with Crippen molar-refractivity contribution in [1.29, 1.82) is 0 Å². The largest absolute Gasteiger partial charge is 0.456 e. The number of hydrogen-bond donors (Lipinski definition) is 0. The number of rotatable bonds is 7. The maximum absolute atomic E-state index is 7.26.